The van der Waals surface area contributed by atoms with E-state index < -0.39 is 0 Å². The second kappa shape index (κ2) is 4.70. The molecule has 3 N–H and O–H groups in total. The molecule has 1 fully saturated rings. The summed E-state index contributed by atoms with van der Waals surface area (Å²) >= 11 is 1.55. The summed E-state index contributed by atoms with van der Waals surface area (Å²) in [6.45, 7) is 1.02. The molecule has 78 valence electrons. The van der Waals surface area contributed by atoms with Gasteiger partial charge in [-0.05, 0) is 31.6 Å². The fourth-order valence-corrected chi connectivity index (χ4v) is 2.33. The van der Waals surface area contributed by atoms with Crippen LogP contribution in [0, 0.1) is 5.92 Å². The molecule has 1 aromatic heterocycles. The highest BCUT2D eigenvalue weighted by molar-refractivity contribution is 7.13. The van der Waals surface area contributed by atoms with Crippen LogP contribution in [0.5, 0.6) is 0 Å². The molecule has 5 heteroatoms. The normalized spacial score (nSPS) is 27.5. The summed E-state index contributed by atoms with van der Waals surface area (Å²) in [6, 6.07) is 0.438. The van der Waals surface area contributed by atoms with Crippen LogP contribution in [0.4, 0.5) is 5.13 Å². The van der Waals surface area contributed by atoms with Crippen LogP contribution in [0.1, 0.15) is 25.7 Å². The minimum atomic E-state index is 0.438. The third kappa shape index (κ3) is 2.65. The van der Waals surface area contributed by atoms with Crippen LogP contribution in [-0.2, 0) is 0 Å². The number of anilines is 1. The fraction of sp³-hybridized carbons (Fsp3) is 0.778. The largest absolute Gasteiger partial charge is 0.360 e. The van der Waals surface area contributed by atoms with Crippen LogP contribution in [-0.4, -0.2) is 22.8 Å². The number of nitrogens with two attached hydrogens (primary N) is 1. The Labute approximate surface area is 87.9 Å². The minimum Gasteiger partial charge on any atom is -0.360 e. The van der Waals surface area contributed by atoms with E-state index in [1.165, 1.54) is 25.7 Å². The van der Waals surface area contributed by atoms with E-state index in [1.54, 1.807) is 16.8 Å². The summed E-state index contributed by atoms with van der Waals surface area (Å²) in [4.78, 5) is 0. The van der Waals surface area contributed by atoms with E-state index in [-0.39, 0.29) is 0 Å². The SMILES string of the molecule is NC1CCC(CNc2nncs2)CC1. The second-order valence-electron chi connectivity index (χ2n) is 3.91. The predicted octanol–water partition coefficient (Wildman–Crippen LogP) is 1.47. The molecule has 2 rings (SSSR count). The molecule has 1 heterocycles. The Morgan fingerprint density at radius 2 is 2.21 bits per heavy atom. The van der Waals surface area contributed by atoms with Crippen molar-refractivity contribution in [1.29, 1.82) is 0 Å². The Balaban J connectivity index is 1.71. The van der Waals surface area contributed by atoms with Gasteiger partial charge >= 0.3 is 0 Å². The van der Waals surface area contributed by atoms with Crippen LogP contribution in [0.15, 0.2) is 5.51 Å². The highest BCUT2D eigenvalue weighted by Crippen LogP contribution is 2.23. The molecule has 0 atom stereocenters. The molecule has 1 aromatic rings. The smallest absolute Gasteiger partial charge is 0.205 e. The number of rotatable bonds is 3. The third-order valence-corrected chi connectivity index (χ3v) is 3.44. The topological polar surface area (TPSA) is 63.8 Å². The van der Waals surface area contributed by atoms with Crippen molar-refractivity contribution in [2.45, 2.75) is 31.7 Å². The molecule has 0 unspecified atom stereocenters. The zero-order valence-electron chi connectivity index (χ0n) is 8.15. The molecule has 1 aliphatic rings. The van der Waals surface area contributed by atoms with E-state index in [4.69, 9.17) is 5.73 Å². The van der Waals surface area contributed by atoms with E-state index >= 15 is 0 Å². The van der Waals surface area contributed by atoms with Crippen LogP contribution >= 0.6 is 11.3 Å². The van der Waals surface area contributed by atoms with Crippen molar-refractivity contribution in [2.75, 3.05) is 11.9 Å². The number of hydrogen-bond donors (Lipinski definition) is 2. The maximum absolute atomic E-state index is 5.85. The summed E-state index contributed by atoms with van der Waals surface area (Å²) < 4.78 is 0. The van der Waals surface area contributed by atoms with Gasteiger partial charge in [0, 0.05) is 12.6 Å². The zero-order chi connectivity index (χ0) is 9.80. The fourth-order valence-electron chi connectivity index (χ4n) is 1.87. The predicted molar refractivity (Wildman–Crippen MR) is 58.3 cm³/mol. The molecule has 1 saturated carbocycles. The Kier molecular flexibility index (Phi) is 3.31. The molecule has 0 spiro atoms. The van der Waals surface area contributed by atoms with Gasteiger partial charge < -0.3 is 11.1 Å². The Morgan fingerprint density at radius 1 is 1.43 bits per heavy atom. The van der Waals surface area contributed by atoms with E-state index in [1.807, 2.05) is 0 Å². The van der Waals surface area contributed by atoms with E-state index in [0.29, 0.717) is 6.04 Å². The Morgan fingerprint density at radius 3 is 2.86 bits per heavy atom. The van der Waals surface area contributed by atoms with Gasteiger partial charge in [0.15, 0.2) is 0 Å². The first-order valence-corrected chi connectivity index (χ1v) is 5.98. The lowest BCUT2D eigenvalue weighted by Crippen LogP contribution is -2.29. The first-order valence-electron chi connectivity index (χ1n) is 5.10. The van der Waals surface area contributed by atoms with E-state index in [0.717, 1.165) is 17.6 Å². The summed E-state index contributed by atoms with van der Waals surface area (Å²) in [5.41, 5.74) is 7.60. The summed E-state index contributed by atoms with van der Waals surface area (Å²) in [5.74, 6) is 0.763. The number of aromatic nitrogens is 2. The molecule has 1 aliphatic carbocycles. The monoisotopic (exact) mass is 212 g/mol. The van der Waals surface area contributed by atoms with Gasteiger partial charge in [0.2, 0.25) is 5.13 Å². The molecule has 0 aliphatic heterocycles. The lowest BCUT2D eigenvalue weighted by atomic mass is 9.86. The molecule has 14 heavy (non-hydrogen) atoms. The lowest BCUT2D eigenvalue weighted by molar-refractivity contribution is 0.339. The maximum Gasteiger partial charge on any atom is 0.205 e. The first kappa shape index (κ1) is 9.86. The van der Waals surface area contributed by atoms with Gasteiger partial charge in [-0.1, -0.05) is 11.3 Å². The number of hydrogen-bond acceptors (Lipinski definition) is 5. The quantitative estimate of drug-likeness (QED) is 0.796. The van der Waals surface area contributed by atoms with Gasteiger partial charge in [-0.3, -0.25) is 0 Å². The van der Waals surface area contributed by atoms with Gasteiger partial charge in [0.25, 0.3) is 0 Å². The highest BCUT2D eigenvalue weighted by Gasteiger charge is 2.18. The second-order valence-corrected chi connectivity index (χ2v) is 4.74. The third-order valence-electron chi connectivity index (χ3n) is 2.79. The minimum absolute atomic E-state index is 0.438. The number of nitrogens with one attached hydrogen (secondary N) is 1. The van der Waals surface area contributed by atoms with Crippen LogP contribution in [0.25, 0.3) is 0 Å². The molecule has 4 nitrogen and oxygen atoms in total. The average molecular weight is 212 g/mol. The highest BCUT2D eigenvalue weighted by atomic mass is 32.1. The van der Waals surface area contributed by atoms with Crippen molar-refractivity contribution >= 4 is 16.5 Å². The number of nitrogens with zero attached hydrogens (tertiary/aromatic N) is 2. The van der Waals surface area contributed by atoms with Gasteiger partial charge in [0.1, 0.15) is 5.51 Å². The van der Waals surface area contributed by atoms with Crippen molar-refractivity contribution in [2.24, 2.45) is 11.7 Å². The van der Waals surface area contributed by atoms with Crippen molar-refractivity contribution in [1.82, 2.24) is 10.2 Å². The molecule has 0 saturated heterocycles. The van der Waals surface area contributed by atoms with E-state index in [2.05, 4.69) is 15.5 Å². The standard InChI is InChI=1S/C9H16N4S/c10-8-3-1-7(2-4-8)5-11-9-13-12-6-14-9/h6-8H,1-5,10H2,(H,11,13). The maximum atomic E-state index is 5.85. The van der Waals surface area contributed by atoms with Crippen molar-refractivity contribution < 1.29 is 0 Å². The Bertz CT molecular complexity index is 254. The molecular formula is C9H16N4S. The van der Waals surface area contributed by atoms with Crippen LogP contribution in [0.3, 0.4) is 0 Å². The van der Waals surface area contributed by atoms with Gasteiger partial charge in [0.05, 0.1) is 0 Å². The van der Waals surface area contributed by atoms with Crippen LogP contribution < -0.4 is 11.1 Å². The summed E-state index contributed by atoms with van der Waals surface area (Å²) in [7, 11) is 0. The van der Waals surface area contributed by atoms with Crippen molar-refractivity contribution in [3.05, 3.63) is 5.51 Å². The molecule has 0 amide bonds. The average Bonchev–Trinajstić information content (AvgIpc) is 2.70. The molecule has 0 bridgehead atoms. The van der Waals surface area contributed by atoms with E-state index in [9.17, 15) is 0 Å². The molecule has 0 aromatic carbocycles. The zero-order valence-corrected chi connectivity index (χ0v) is 8.96. The Hall–Kier alpha value is -0.680. The van der Waals surface area contributed by atoms with Gasteiger partial charge in [-0.25, -0.2) is 0 Å². The lowest BCUT2D eigenvalue weighted by Gasteiger charge is -2.25. The van der Waals surface area contributed by atoms with Crippen molar-refractivity contribution in [3.63, 3.8) is 0 Å². The van der Waals surface area contributed by atoms with Gasteiger partial charge in [-0.15, -0.1) is 10.2 Å². The van der Waals surface area contributed by atoms with Gasteiger partial charge in [-0.2, -0.15) is 0 Å². The summed E-state index contributed by atoms with van der Waals surface area (Å²) in [5, 5.41) is 12.0. The van der Waals surface area contributed by atoms with Crippen LogP contribution in [0.2, 0.25) is 0 Å². The summed E-state index contributed by atoms with van der Waals surface area (Å²) in [6.07, 6.45) is 4.82. The molecular weight excluding hydrogens is 196 g/mol. The first-order chi connectivity index (χ1) is 6.84. The van der Waals surface area contributed by atoms with Crippen molar-refractivity contribution in [3.8, 4) is 0 Å². The molecule has 0 radical (unpaired) electrons.